The van der Waals surface area contributed by atoms with Gasteiger partial charge in [-0.1, -0.05) is 109 Å². The molecule has 0 aliphatic carbocycles. The van der Waals surface area contributed by atoms with Crippen molar-refractivity contribution in [1.29, 1.82) is 0 Å². The largest absolute Gasteiger partial charge is 0.309 e. The maximum Gasteiger partial charge on any atom is 0.0645 e. The Morgan fingerprint density at radius 2 is 0.841 bits per heavy atom. The van der Waals surface area contributed by atoms with Gasteiger partial charge in [0.05, 0.1) is 30.3 Å². The van der Waals surface area contributed by atoms with E-state index in [1.165, 1.54) is 0 Å². The summed E-state index contributed by atoms with van der Waals surface area (Å²) in [6.45, 7) is 0. The molecule has 9 rings (SSSR count). The first-order valence-electron chi connectivity index (χ1n) is 17.6. The van der Waals surface area contributed by atoms with Gasteiger partial charge in [-0.25, -0.2) is 0 Å². The summed E-state index contributed by atoms with van der Waals surface area (Å²) < 4.78 is 60.7. The summed E-state index contributed by atoms with van der Waals surface area (Å²) in [6, 6.07) is 42.2. The van der Waals surface area contributed by atoms with Crippen LogP contribution in [0.3, 0.4) is 0 Å². The molecule has 2 heterocycles. The van der Waals surface area contributed by atoms with E-state index < -0.39 is 0 Å². The van der Waals surface area contributed by atoms with E-state index in [0.29, 0.717) is 21.8 Å². The molecule has 0 spiro atoms. The maximum absolute atomic E-state index is 9.71. The van der Waals surface area contributed by atoms with Crippen LogP contribution in [0, 0.1) is 0 Å². The summed E-state index contributed by atoms with van der Waals surface area (Å²) in [6.07, 6.45) is 0. The first kappa shape index (κ1) is 19.4. The number of para-hydroxylation sites is 3. The predicted octanol–water partition coefficient (Wildman–Crippen LogP) is 11.2. The lowest BCUT2D eigenvalue weighted by Gasteiger charge is -2.09. The highest BCUT2D eigenvalue weighted by Gasteiger charge is 2.16. The number of hydrogen-bond donors (Lipinski definition) is 0. The summed E-state index contributed by atoms with van der Waals surface area (Å²) in [5, 5.41) is 2.42. The molecule has 44 heavy (non-hydrogen) atoms. The molecule has 9 aromatic rings. The van der Waals surface area contributed by atoms with Crippen molar-refractivity contribution < 1.29 is 8.22 Å². The van der Waals surface area contributed by atoms with E-state index in [2.05, 4.69) is 6.07 Å². The van der Waals surface area contributed by atoms with Crippen LogP contribution >= 0.6 is 0 Å². The number of nitrogens with zero attached hydrogens (tertiary/aromatic N) is 2. The van der Waals surface area contributed by atoms with Crippen LogP contribution in [0.5, 0.6) is 0 Å². The van der Waals surface area contributed by atoms with Gasteiger partial charge in [-0.15, -0.1) is 0 Å². The molecule has 2 nitrogen and oxygen atoms in total. The Balaban J connectivity index is 1.41. The second-order valence-electron chi connectivity index (χ2n) is 10.9. The molecule has 7 aromatic carbocycles. The van der Waals surface area contributed by atoms with Crippen LogP contribution in [-0.2, 0) is 0 Å². The third-order valence-electron chi connectivity index (χ3n) is 8.34. The van der Waals surface area contributed by atoms with Gasteiger partial charge in [0, 0.05) is 32.9 Å². The van der Waals surface area contributed by atoms with E-state index in [9.17, 15) is 8.22 Å². The second-order valence-corrected chi connectivity index (χ2v) is 10.9. The van der Waals surface area contributed by atoms with Gasteiger partial charge in [0.25, 0.3) is 0 Å². The van der Waals surface area contributed by atoms with Crippen molar-refractivity contribution in [2.45, 2.75) is 0 Å². The molecule has 206 valence electrons. The van der Waals surface area contributed by atoms with Crippen LogP contribution in [0.2, 0.25) is 0 Å². The fraction of sp³-hybridized carbons (Fsp3) is 0. The molecular weight excluding hydrogens is 532 g/mol. The van der Waals surface area contributed by atoms with Gasteiger partial charge in [0.1, 0.15) is 0 Å². The highest BCUT2D eigenvalue weighted by molar-refractivity contribution is 6.13. The Morgan fingerprint density at radius 1 is 0.341 bits per heavy atom. The minimum atomic E-state index is -0.252. The van der Waals surface area contributed by atoms with Crippen molar-refractivity contribution in [3.8, 4) is 33.6 Å². The zero-order valence-electron chi connectivity index (χ0n) is 29.6. The number of benzene rings is 7. The molecule has 0 bridgehead atoms. The Hall–Kier alpha value is -5.86. The molecule has 0 aliphatic rings. The molecule has 0 radical (unpaired) electrons. The van der Waals surface area contributed by atoms with Crippen LogP contribution in [-0.4, -0.2) is 9.13 Å². The fourth-order valence-corrected chi connectivity index (χ4v) is 6.32. The minimum absolute atomic E-state index is 0.0173. The van der Waals surface area contributed by atoms with Crippen molar-refractivity contribution in [2.24, 2.45) is 0 Å². The zero-order chi connectivity index (χ0) is 34.3. The van der Waals surface area contributed by atoms with Crippen LogP contribution in [0.15, 0.2) is 170 Å². The van der Waals surface area contributed by atoms with E-state index in [0.717, 1.165) is 44.3 Å². The topological polar surface area (TPSA) is 9.86 Å². The van der Waals surface area contributed by atoms with E-state index in [1.54, 1.807) is 0 Å². The minimum Gasteiger partial charge on any atom is -0.309 e. The van der Waals surface area contributed by atoms with E-state index in [-0.39, 0.29) is 47.4 Å². The van der Waals surface area contributed by atoms with Crippen LogP contribution < -0.4 is 0 Å². The van der Waals surface area contributed by atoms with Crippen molar-refractivity contribution in [3.05, 3.63) is 170 Å². The molecule has 0 N–H and O–H groups in total. The fourth-order valence-electron chi connectivity index (χ4n) is 6.32. The average Bonchev–Trinajstić information content (AvgIpc) is 3.69. The van der Waals surface area contributed by atoms with Crippen molar-refractivity contribution in [1.82, 2.24) is 9.13 Å². The van der Waals surface area contributed by atoms with Gasteiger partial charge < -0.3 is 9.13 Å². The smallest absolute Gasteiger partial charge is 0.0645 e. The molecule has 2 heteroatoms. The second kappa shape index (κ2) is 9.86. The highest BCUT2D eigenvalue weighted by Crippen LogP contribution is 2.39. The Labute approximate surface area is 264 Å². The van der Waals surface area contributed by atoms with Crippen molar-refractivity contribution in [2.75, 3.05) is 0 Å². The first-order valence-corrected chi connectivity index (χ1v) is 14.6. The molecule has 0 saturated heterocycles. The zero-order valence-corrected chi connectivity index (χ0v) is 23.6. The summed E-state index contributed by atoms with van der Waals surface area (Å²) in [5.41, 5.74) is 6.06. The Morgan fingerprint density at radius 3 is 1.45 bits per heavy atom. The van der Waals surface area contributed by atoms with E-state index >= 15 is 0 Å². The SMILES string of the molecule is [2H]c1c(-c2c([2H])c([2H])c3c(c2[2H])c2ccc(-c4ccccc4)cc2n3-c2ccccc2)c([2H])c2c3ccccc3n(-c3ccccc3)c2c1[2H]. The molecule has 0 atom stereocenters. The summed E-state index contributed by atoms with van der Waals surface area (Å²) >= 11 is 0. The third kappa shape index (κ3) is 3.82. The Kier molecular flexibility index (Phi) is 4.34. The van der Waals surface area contributed by atoms with E-state index in [1.807, 2.05) is 137 Å². The summed E-state index contributed by atoms with van der Waals surface area (Å²) in [4.78, 5) is 0. The molecule has 0 fully saturated rings. The molecule has 0 saturated carbocycles. The standard InChI is InChI=1S/C42H28N2/c1-4-12-29(13-5-1)32-20-23-36-38-27-31(22-25-41(38)44(42(36)28-32)34-16-8-3-9-17-34)30-21-24-40-37(26-30)35-18-10-11-19-39(35)43(40)33-14-6-2-7-15-33/h1-28H/i21D,22D,24D,25D,26D,27D. The van der Waals surface area contributed by atoms with Gasteiger partial charge in [-0.3, -0.25) is 0 Å². The first-order chi connectivity index (χ1) is 24.4. The van der Waals surface area contributed by atoms with Gasteiger partial charge in [0.2, 0.25) is 0 Å². The summed E-state index contributed by atoms with van der Waals surface area (Å²) in [5.74, 6) is 0. The van der Waals surface area contributed by atoms with Gasteiger partial charge in [-0.05, 0) is 82.8 Å². The quantitative estimate of drug-likeness (QED) is 0.200. The number of aromatic nitrogens is 2. The molecule has 2 aromatic heterocycles. The Bertz CT molecular complexity index is 2810. The lowest BCUT2D eigenvalue weighted by atomic mass is 9.99. The van der Waals surface area contributed by atoms with Gasteiger partial charge >= 0.3 is 0 Å². The lowest BCUT2D eigenvalue weighted by Crippen LogP contribution is -1.93. The van der Waals surface area contributed by atoms with Gasteiger partial charge in [0.15, 0.2) is 0 Å². The van der Waals surface area contributed by atoms with E-state index in [4.69, 9.17) is 0 Å². The number of fused-ring (bicyclic) bond motifs is 6. The van der Waals surface area contributed by atoms with Crippen molar-refractivity contribution >= 4 is 43.6 Å². The molecular formula is C42H28N2. The average molecular weight is 567 g/mol. The molecule has 0 unspecified atom stereocenters. The predicted molar refractivity (Wildman–Crippen MR) is 186 cm³/mol. The maximum atomic E-state index is 9.71. The lowest BCUT2D eigenvalue weighted by molar-refractivity contribution is 1.18. The highest BCUT2D eigenvalue weighted by atomic mass is 15.0. The molecule has 0 aliphatic heterocycles. The molecule has 0 amide bonds. The summed E-state index contributed by atoms with van der Waals surface area (Å²) in [7, 11) is 0. The number of hydrogen-bond acceptors (Lipinski definition) is 0. The monoisotopic (exact) mass is 566 g/mol. The van der Waals surface area contributed by atoms with Crippen LogP contribution in [0.1, 0.15) is 8.22 Å². The third-order valence-corrected chi connectivity index (χ3v) is 8.34. The van der Waals surface area contributed by atoms with Crippen LogP contribution in [0.4, 0.5) is 0 Å². The normalized spacial score (nSPS) is 13.5. The number of rotatable bonds is 4. The van der Waals surface area contributed by atoms with Gasteiger partial charge in [-0.2, -0.15) is 0 Å². The van der Waals surface area contributed by atoms with Crippen molar-refractivity contribution in [3.63, 3.8) is 0 Å². The van der Waals surface area contributed by atoms with Crippen LogP contribution in [0.25, 0.3) is 77.2 Å².